The van der Waals surface area contributed by atoms with Crippen molar-refractivity contribution in [2.45, 2.75) is 25.7 Å². The van der Waals surface area contributed by atoms with Crippen LogP contribution >= 0.6 is 23.2 Å². The van der Waals surface area contributed by atoms with Crippen molar-refractivity contribution in [2.24, 2.45) is 5.92 Å². The first kappa shape index (κ1) is 24.5. The van der Waals surface area contributed by atoms with Crippen molar-refractivity contribution in [1.82, 2.24) is 19.9 Å². The van der Waals surface area contributed by atoms with E-state index < -0.39 is 11.9 Å². The van der Waals surface area contributed by atoms with E-state index in [0.29, 0.717) is 41.3 Å². The largest absolute Gasteiger partial charge is 0.415 e. The average Bonchev–Trinajstić information content (AvgIpc) is 2.89. The number of ether oxygens (including phenoxy) is 1. The molecule has 3 heterocycles. The second-order valence-electron chi connectivity index (χ2n) is 8.83. The number of piperidine rings is 1. The number of nitrogens with one attached hydrogen (secondary N) is 1. The molecule has 3 aromatic rings. The van der Waals surface area contributed by atoms with E-state index in [-0.39, 0.29) is 11.7 Å². The van der Waals surface area contributed by atoms with Gasteiger partial charge in [0.05, 0.1) is 16.2 Å². The van der Waals surface area contributed by atoms with Gasteiger partial charge in [-0.2, -0.15) is 0 Å². The lowest BCUT2D eigenvalue weighted by Gasteiger charge is -2.32. The van der Waals surface area contributed by atoms with Gasteiger partial charge in [0.1, 0.15) is 0 Å². The summed E-state index contributed by atoms with van der Waals surface area (Å²) in [6.07, 6.45) is 7.69. The minimum atomic E-state index is -0.537. The Morgan fingerprint density at radius 1 is 1.22 bits per heavy atom. The summed E-state index contributed by atoms with van der Waals surface area (Å²) in [5.41, 5.74) is 2.58. The summed E-state index contributed by atoms with van der Waals surface area (Å²) in [7, 11) is 0. The van der Waals surface area contributed by atoms with E-state index in [1.807, 2.05) is 12.1 Å². The van der Waals surface area contributed by atoms with Gasteiger partial charge in [-0.1, -0.05) is 41.4 Å². The molecule has 2 aromatic heterocycles. The summed E-state index contributed by atoms with van der Waals surface area (Å²) in [4.78, 5) is 27.4. The first-order valence-corrected chi connectivity index (χ1v) is 12.6. The standard InChI is InChI=1S/C26H24Cl2FN5O2/c27-17-11-19-18(6-3-8-22(19)30-13-17)24-32-14-21(29)25(33-24)31-12-16-5-4-10-34(15-16)26(35)36-23-9-2-1-7-20(23)28/h1-2,6-7,9,11,13-14,16H,3-5,8,10,12,15H2,(H,31,32,33). The summed E-state index contributed by atoms with van der Waals surface area (Å²) in [6, 6.07) is 8.70. The predicted molar refractivity (Wildman–Crippen MR) is 137 cm³/mol. The van der Waals surface area contributed by atoms with Crippen LogP contribution in [0.3, 0.4) is 0 Å². The van der Waals surface area contributed by atoms with Crippen LogP contribution in [0.25, 0.3) is 5.57 Å². The minimum Gasteiger partial charge on any atom is -0.409 e. The number of para-hydroxylation sites is 1. The molecule has 1 amide bonds. The normalized spacial score (nSPS) is 17.2. The number of carbonyl (C=O) groups is 1. The molecule has 0 spiro atoms. The third-order valence-corrected chi connectivity index (χ3v) is 6.83. The molecule has 0 radical (unpaired) electrons. The van der Waals surface area contributed by atoms with Crippen molar-refractivity contribution in [3.63, 3.8) is 0 Å². The molecule has 0 saturated carbocycles. The number of amides is 1. The van der Waals surface area contributed by atoms with Crippen LogP contribution in [-0.4, -0.2) is 45.6 Å². The number of hydrogen-bond donors (Lipinski definition) is 1. The number of fused-ring (bicyclic) bond motifs is 1. The van der Waals surface area contributed by atoms with Crippen molar-refractivity contribution >= 4 is 40.7 Å². The zero-order chi connectivity index (χ0) is 25.1. The van der Waals surface area contributed by atoms with Crippen molar-refractivity contribution in [3.05, 3.63) is 81.7 Å². The van der Waals surface area contributed by atoms with E-state index in [9.17, 15) is 9.18 Å². The highest BCUT2D eigenvalue weighted by atomic mass is 35.5. The third kappa shape index (κ3) is 5.44. The van der Waals surface area contributed by atoms with E-state index in [1.54, 1.807) is 35.4 Å². The van der Waals surface area contributed by atoms with E-state index in [1.165, 1.54) is 6.20 Å². The highest BCUT2D eigenvalue weighted by Crippen LogP contribution is 2.31. The van der Waals surface area contributed by atoms with Gasteiger partial charge in [-0.3, -0.25) is 4.98 Å². The number of benzene rings is 1. The van der Waals surface area contributed by atoms with Crippen molar-refractivity contribution in [1.29, 1.82) is 0 Å². The first-order valence-electron chi connectivity index (χ1n) is 11.8. The zero-order valence-electron chi connectivity index (χ0n) is 19.4. The number of carbonyl (C=O) groups excluding carboxylic acids is 1. The molecule has 1 aliphatic carbocycles. The van der Waals surface area contributed by atoms with Crippen LogP contribution in [0.15, 0.2) is 48.8 Å². The van der Waals surface area contributed by atoms with Gasteiger partial charge in [-0.05, 0) is 49.8 Å². The minimum absolute atomic E-state index is 0.105. The number of hydrogen-bond acceptors (Lipinski definition) is 6. The second kappa shape index (κ2) is 10.8. The van der Waals surface area contributed by atoms with Gasteiger partial charge in [-0.25, -0.2) is 19.2 Å². The SMILES string of the molecule is O=C(Oc1ccccc1Cl)N1CCCC(CNc2nc(C3=CCCc4ncc(Cl)cc43)ncc2F)C1. The second-order valence-corrected chi connectivity index (χ2v) is 9.67. The molecule has 1 aromatic carbocycles. The molecule has 0 bridgehead atoms. The fraction of sp³-hybridized carbons (Fsp3) is 0.308. The molecule has 1 aliphatic heterocycles. The maximum Gasteiger partial charge on any atom is 0.415 e. The van der Waals surface area contributed by atoms with Gasteiger partial charge in [0, 0.05) is 42.7 Å². The van der Waals surface area contributed by atoms with Crippen LogP contribution in [-0.2, 0) is 6.42 Å². The number of nitrogens with zero attached hydrogens (tertiary/aromatic N) is 4. The van der Waals surface area contributed by atoms with Crippen molar-refractivity contribution < 1.29 is 13.9 Å². The number of rotatable bonds is 5. The van der Waals surface area contributed by atoms with Gasteiger partial charge in [-0.15, -0.1) is 0 Å². The Morgan fingerprint density at radius 3 is 2.94 bits per heavy atom. The van der Waals surface area contributed by atoms with Crippen molar-refractivity contribution in [2.75, 3.05) is 25.0 Å². The summed E-state index contributed by atoms with van der Waals surface area (Å²) >= 11 is 12.3. The molecule has 2 aliphatic rings. The Hall–Kier alpha value is -3.23. The molecule has 5 rings (SSSR count). The van der Waals surface area contributed by atoms with E-state index in [2.05, 4.69) is 20.3 Å². The molecule has 186 valence electrons. The maximum atomic E-state index is 14.6. The number of halogens is 3. The molecule has 7 nitrogen and oxygen atoms in total. The highest BCUT2D eigenvalue weighted by molar-refractivity contribution is 6.32. The molecule has 36 heavy (non-hydrogen) atoms. The van der Waals surface area contributed by atoms with Crippen LogP contribution in [0.5, 0.6) is 5.75 Å². The number of aromatic nitrogens is 3. The smallest absolute Gasteiger partial charge is 0.409 e. The topological polar surface area (TPSA) is 80.2 Å². The van der Waals surface area contributed by atoms with Crippen LogP contribution in [0, 0.1) is 11.7 Å². The van der Waals surface area contributed by atoms with Crippen LogP contribution in [0.2, 0.25) is 10.0 Å². The monoisotopic (exact) mass is 527 g/mol. The van der Waals surface area contributed by atoms with Gasteiger partial charge in [0.15, 0.2) is 23.2 Å². The van der Waals surface area contributed by atoms with E-state index >= 15 is 0 Å². The fourth-order valence-corrected chi connectivity index (χ4v) is 4.85. The number of allylic oxidation sites excluding steroid dienone is 1. The lowest BCUT2D eigenvalue weighted by Crippen LogP contribution is -2.43. The van der Waals surface area contributed by atoms with Crippen molar-refractivity contribution in [3.8, 4) is 5.75 Å². The number of aryl methyl sites for hydroxylation is 1. The van der Waals surface area contributed by atoms with E-state index in [0.717, 1.165) is 42.5 Å². The van der Waals surface area contributed by atoms with Crippen LogP contribution in [0.4, 0.5) is 15.0 Å². The fourth-order valence-electron chi connectivity index (χ4n) is 4.52. The van der Waals surface area contributed by atoms with Gasteiger partial charge < -0.3 is 15.0 Å². The Bertz CT molecular complexity index is 1320. The maximum absolute atomic E-state index is 14.6. The average molecular weight is 528 g/mol. The summed E-state index contributed by atoms with van der Waals surface area (Å²) in [5, 5.41) is 4.03. The summed E-state index contributed by atoms with van der Waals surface area (Å²) in [5.74, 6) is 0.435. The highest BCUT2D eigenvalue weighted by Gasteiger charge is 2.26. The molecule has 10 heteroatoms. The number of likely N-dealkylation sites (tertiary alicyclic amines) is 1. The van der Waals surface area contributed by atoms with Crippen LogP contribution in [0.1, 0.15) is 36.3 Å². The van der Waals surface area contributed by atoms with Crippen LogP contribution < -0.4 is 10.1 Å². The molecule has 1 N–H and O–H groups in total. The van der Waals surface area contributed by atoms with Gasteiger partial charge in [0.2, 0.25) is 0 Å². The molecule has 1 fully saturated rings. The summed E-state index contributed by atoms with van der Waals surface area (Å²) in [6.45, 7) is 1.53. The lowest BCUT2D eigenvalue weighted by atomic mass is 9.94. The number of pyridine rings is 1. The predicted octanol–water partition coefficient (Wildman–Crippen LogP) is 6.02. The number of anilines is 1. The Kier molecular flexibility index (Phi) is 7.34. The molecular formula is C26H24Cl2FN5O2. The molecule has 1 atom stereocenters. The lowest BCUT2D eigenvalue weighted by molar-refractivity contribution is 0.128. The van der Waals surface area contributed by atoms with Gasteiger partial charge >= 0.3 is 6.09 Å². The third-order valence-electron chi connectivity index (χ3n) is 6.31. The Balaban J connectivity index is 1.25. The molecule has 1 saturated heterocycles. The Morgan fingerprint density at radius 2 is 2.08 bits per heavy atom. The Labute approximate surface area is 218 Å². The molecular weight excluding hydrogens is 504 g/mol. The first-order chi connectivity index (χ1) is 17.5. The molecule has 1 unspecified atom stereocenters. The van der Waals surface area contributed by atoms with E-state index in [4.69, 9.17) is 27.9 Å². The zero-order valence-corrected chi connectivity index (χ0v) is 20.9. The quantitative estimate of drug-likeness (QED) is 0.437. The van der Waals surface area contributed by atoms with Gasteiger partial charge in [0.25, 0.3) is 0 Å². The summed E-state index contributed by atoms with van der Waals surface area (Å²) < 4.78 is 20.1.